The van der Waals surface area contributed by atoms with E-state index in [0.717, 1.165) is 54.7 Å². The van der Waals surface area contributed by atoms with Crippen LogP contribution in [0.1, 0.15) is 50.4 Å². The van der Waals surface area contributed by atoms with Crippen LogP contribution >= 0.6 is 15.9 Å². The van der Waals surface area contributed by atoms with E-state index in [1.807, 2.05) is 6.07 Å². The van der Waals surface area contributed by atoms with Crippen LogP contribution in [0.4, 0.5) is 10.4 Å². The minimum atomic E-state index is -0.212. The summed E-state index contributed by atoms with van der Waals surface area (Å²) in [7, 11) is 0. The number of aromatic nitrogens is 2. The Morgan fingerprint density at radius 2 is 2.11 bits per heavy atom. The van der Waals surface area contributed by atoms with Gasteiger partial charge in [-0.3, -0.25) is 0 Å². The van der Waals surface area contributed by atoms with Crippen molar-refractivity contribution in [2.24, 2.45) is 17.8 Å². The van der Waals surface area contributed by atoms with Gasteiger partial charge in [-0.2, -0.15) is 4.98 Å². The molecule has 7 heteroatoms. The zero-order chi connectivity index (χ0) is 19.7. The lowest BCUT2D eigenvalue weighted by molar-refractivity contribution is 0.102. The van der Waals surface area contributed by atoms with Gasteiger partial charge in [-0.05, 0) is 49.1 Å². The molecule has 28 heavy (non-hydrogen) atoms. The molecule has 2 aromatic rings. The molecular weight excluding hydrogens is 425 g/mol. The third-order valence-corrected chi connectivity index (χ3v) is 6.44. The molecule has 1 saturated carbocycles. The van der Waals surface area contributed by atoms with Crippen LogP contribution in [-0.2, 0) is 11.3 Å². The molecule has 1 saturated heterocycles. The van der Waals surface area contributed by atoms with Gasteiger partial charge in [-0.15, -0.1) is 0 Å². The Balaban J connectivity index is 1.19. The molecule has 0 radical (unpaired) electrons. The topological polar surface area (TPSA) is 51.4 Å². The minimum Gasteiger partial charge on any atom is -0.376 e. The van der Waals surface area contributed by atoms with Crippen molar-refractivity contribution in [2.75, 3.05) is 24.6 Å². The van der Waals surface area contributed by atoms with Crippen molar-refractivity contribution < 1.29 is 13.7 Å². The van der Waals surface area contributed by atoms with Crippen molar-refractivity contribution in [1.29, 1.82) is 0 Å². The summed E-state index contributed by atoms with van der Waals surface area (Å²) in [4.78, 5) is 6.72. The highest BCUT2D eigenvalue weighted by molar-refractivity contribution is 9.10. The van der Waals surface area contributed by atoms with Crippen molar-refractivity contribution >= 4 is 21.9 Å². The van der Waals surface area contributed by atoms with Gasteiger partial charge in [0.1, 0.15) is 5.82 Å². The third kappa shape index (κ3) is 4.57. The molecule has 1 aliphatic carbocycles. The van der Waals surface area contributed by atoms with Crippen LogP contribution in [0.25, 0.3) is 0 Å². The molecule has 0 bridgehead atoms. The Hall–Kier alpha value is -1.47. The van der Waals surface area contributed by atoms with Gasteiger partial charge >= 0.3 is 6.01 Å². The van der Waals surface area contributed by atoms with E-state index in [1.54, 1.807) is 6.07 Å². The molecule has 2 atom stereocenters. The Bertz CT molecular complexity index is 805. The van der Waals surface area contributed by atoms with Gasteiger partial charge < -0.3 is 14.2 Å². The maximum atomic E-state index is 13.8. The van der Waals surface area contributed by atoms with E-state index in [1.165, 1.54) is 12.5 Å². The molecule has 152 valence electrons. The average Bonchev–Trinajstić information content (AvgIpc) is 3.26. The quantitative estimate of drug-likeness (QED) is 0.581. The Morgan fingerprint density at radius 1 is 1.32 bits per heavy atom. The number of benzene rings is 1. The van der Waals surface area contributed by atoms with Gasteiger partial charge in [-0.1, -0.05) is 41.0 Å². The molecule has 0 N–H and O–H groups in total. The van der Waals surface area contributed by atoms with E-state index in [4.69, 9.17) is 9.26 Å². The van der Waals surface area contributed by atoms with Gasteiger partial charge in [0.15, 0.2) is 5.82 Å². The summed E-state index contributed by atoms with van der Waals surface area (Å²) in [5.74, 6) is 2.95. The molecule has 4 rings (SSSR count). The van der Waals surface area contributed by atoms with Crippen LogP contribution < -0.4 is 4.90 Å². The first-order valence-electron chi connectivity index (χ1n) is 10.1. The van der Waals surface area contributed by atoms with Gasteiger partial charge in [-0.25, -0.2) is 4.39 Å². The Labute approximate surface area is 173 Å². The largest absolute Gasteiger partial charge is 0.376 e. The van der Waals surface area contributed by atoms with Crippen molar-refractivity contribution in [3.63, 3.8) is 0 Å². The van der Waals surface area contributed by atoms with Crippen LogP contribution in [0.3, 0.4) is 0 Å². The van der Waals surface area contributed by atoms with Gasteiger partial charge in [0.05, 0.1) is 13.2 Å². The summed E-state index contributed by atoms with van der Waals surface area (Å²) < 4.78 is 25.8. The van der Waals surface area contributed by atoms with Crippen LogP contribution in [0, 0.1) is 23.6 Å². The van der Waals surface area contributed by atoms with Crippen molar-refractivity contribution in [1.82, 2.24) is 10.1 Å². The summed E-state index contributed by atoms with van der Waals surface area (Å²) in [6, 6.07) is 5.78. The number of piperidine rings is 1. The summed E-state index contributed by atoms with van der Waals surface area (Å²) in [6.45, 7) is 7.15. The lowest BCUT2D eigenvalue weighted by atomic mass is 9.91. The number of anilines is 1. The standard InChI is InChI=1S/C21H27BrFN3O2/c1-13(2)20-24-21(28-25-20)26-7-5-14(6-8-26)18-9-16(18)12-27-11-15-3-4-17(22)10-19(15)23/h3-4,10,13-14,16,18H,5-9,11-12H2,1-2H3. The zero-order valence-electron chi connectivity index (χ0n) is 16.4. The van der Waals surface area contributed by atoms with Crippen LogP contribution in [0.2, 0.25) is 0 Å². The monoisotopic (exact) mass is 451 g/mol. The van der Waals surface area contributed by atoms with Gasteiger partial charge in [0, 0.05) is 29.0 Å². The van der Waals surface area contributed by atoms with Crippen LogP contribution in [0.15, 0.2) is 27.2 Å². The summed E-state index contributed by atoms with van der Waals surface area (Å²) >= 11 is 3.28. The summed E-state index contributed by atoms with van der Waals surface area (Å²) in [5.41, 5.74) is 0.619. The van der Waals surface area contributed by atoms with E-state index in [-0.39, 0.29) is 11.7 Å². The average molecular weight is 452 g/mol. The highest BCUT2D eigenvalue weighted by Crippen LogP contribution is 2.48. The highest BCUT2D eigenvalue weighted by atomic mass is 79.9. The second-order valence-electron chi connectivity index (χ2n) is 8.32. The normalized spacial score (nSPS) is 22.8. The summed E-state index contributed by atoms with van der Waals surface area (Å²) in [5, 5.41) is 4.07. The number of hydrogen-bond donors (Lipinski definition) is 0. The molecule has 1 aromatic heterocycles. The lowest BCUT2D eigenvalue weighted by Crippen LogP contribution is -2.34. The molecule has 0 spiro atoms. The third-order valence-electron chi connectivity index (χ3n) is 5.94. The first-order valence-corrected chi connectivity index (χ1v) is 10.9. The van der Waals surface area contributed by atoms with Crippen LogP contribution in [-0.4, -0.2) is 29.8 Å². The molecule has 2 heterocycles. The second-order valence-corrected chi connectivity index (χ2v) is 9.24. The predicted molar refractivity (Wildman–Crippen MR) is 109 cm³/mol. The predicted octanol–water partition coefficient (Wildman–Crippen LogP) is 5.16. The lowest BCUT2D eigenvalue weighted by Gasteiger charge is -2.30. The second kappa shape index (κ2) is 8.49. The number of ether oxygens (including phenoxy) is 1. The first kappa shape index (κ1) is 19.8. The van der Waals surface area contributed by atoms with E-state index in [2.05, 4.69) is 44.8 Å². The molecule has 2 fully saturated rings. The fourth-order valence-corrected chi connectivity index (χ4v) is 4.44. The number of halogens is 2. The smallest absolute Gasteiger partial charge is 0.324 e. The fraction of sp³-hybridized carbons (Fsp3) is 0.619. The molecular formula is C21H27BrFN3O2. The maximum absolute atomic E-state index is 13.8. The first-order chi connectivity index (χ1) is 13.5. The molecule has 0 amide bonds. The maximum Gasteiger partial charge on any atom is 0.324 e. The zero-order valence-corrected chi connectivity index (χ0v) is 18.0. The van der Waals surface area contributed by atoms with Gasteiger partial charge in [0.2, 0.25) is 0 Å². The fourth-order valence-electron chi connectivity index (χ4n) is 4.11. The Morgan fingerprint density at radius 3 is 2.79 bits per heavy atom. The van der Waals surface area contributed by atoms with Crippen molar-refractivity contribution in [3.8, 4) is 0 Å². The van der Waals surface area contributed by atoms with Crippen LogP contribution in [0.5, 0.6) is 0 Å². The van der Waals surface area contributed by atoms with E-state index < -0.39 is 0 Å². The van der Waals surface area contributed by atoms with E-state index in [0.29, 0.717) is 24.1 Å². The van der Waals surface area contributed by atoms with Crippen molar-refractivity contribution in [2.45, 2.75) is 45.6 Å². The number of nitrogens with zero attached hydrogens (tertiary/aromatic N) is 3. The molecule has 1 aliphatic heterocycles. The molecule has 1 aromatic carbocycles. The molecule has 2 aliphatic rings. The van der Waals surface area contributed by atoms with Crippen molar-refractivity contribution in [3.05, 3.63) is 39.9 Å². The van der Waals surface area contributed by atoms with E-state index >= 15 is 0 Å². The Kier molecular flexibility index (Phi) is 6.01. The number of hydrogen-bond acceptors (Lipinski definition) is 5. The minimum absolute atomic E-state index is 0.212. The highest BCUT2D eigenvalue weighted by Gasteiger charge is 2.43. The molecule has 5 nitrogen and oxygen atoms in total. The van der Waals surface area contributed by atoms with E-state index in [9.17, 15) is 4.39 Å². The summed E-state index contributed by atoms with van der Waals surface area (Å²) in [6.07, 6.45) is 3.54. The SMILES string of the molecule is CC(C)c1noc(N2CCC(C3CC3COCc3ccc(Br)cc3F)CC2)n1. The number of rotatable bonds is 7. The van der Waals surface area contributed by atoms with Gasteiger partial charge in [0.25, 0.3) is 0 Å². The molecule has 2 unspecified atom stereocenters.